The van der Waals surface area contributed by atoms with Crippen LogP contribution in [0.2, 0.25) is 0 Å². The number of aryl methyl sites for hydroxylation is 2. The predicted octanol–water partition coefficient (Wildman–Crippen LogP) is 5.94. The van der Waals surface area contributed by atoms with Crippen LogP contribution in [0.5, 0.6) is 34.5 Å². The molecule has 0 radical (unpaired) electrons. The van der Waals surface area contributed by atoms with Gasteiger partial charge in [-0.15, -0.1) is 0 Å². The van der Waals surface area contributed by atoms with E-state index in [2.05, 4.69) is 0 Å². The molecule has 2 N–H and O–H groups in total. The molecule has 12 aliphatic rings. The average Bonchev–Trinajstić information content (AvgIpc) is 4.44. The number of rotatable bonds is 10. The first-order valence-corrected chi connectivity index (χ1v) is 26.5. The van der Waals surface area contributed by atoms with Crippen LogP contribution in [0, 0.1) is 13.8 Å². The fourth-order valence-corrected chi connectivity index (χ4v) is 14.9. The van der Waals surface area contributed by atoms with E-state index in [9.17, 15) is 19.8 Å². The average molecular weight is 1050 g/mol. The number of ketones is 2. The van der Waals surface area contributed by atoms with E-state index in [-0.39, 0.29) is 85.0 Å². The van der Waals surface area contributed by atoms with Crippen molar-refractivity contribution in [1.29, 1.82) is 0 Å². The van der Waals surface area contributed by atoms with Crippen molar-refractivity contribution in [2.75, 3.05) is 67.1 Å². The zero-order valence-corrected chi connectivity index (χ0v) is 42.3. The van der Waals surface area contributed by atoms with Crippen molar-refractivity contribution in [2.45, 2.75) is 137 Å². The van der Waals surface area contributed by atoms with E-state index in [4.69, 9.17) is 75.8 Å². The summed E-state index contributed by atoms with van der Waals surface area (Å²) in [5.41, 5.74) is 1.80. The summed E-state index contributed by atoms with van der Waals surface area (Å²) in [7, 11) is 3.13. The summed E-state index contributed by atoms with van der Waals surface area (Å²) in [6, 6.07) is 3.86. The highest BCUT2D eigenvalue weighted by molar-refractivity contribution is 6.13. The summed E-state index contributed by atoms with van der Waals surface area (Å²) >= 11 is 0. The summed E-state index contributed by atoms with van der Waals surface area (Å²) in [6.07, 6.45) is 2.53. The van der Waals surface area contributed by atoms with E-state index in [1.807, 2.05) is 26.0 Å². The molecule has 8 saturated heterocycles. The molecule has 400 valence electrons. The fourth-order valence-electron chi connectivity index (χ4n) is 14.9. The highest BCUT2D eigenvalue weighted by Crippen LogP contribution is 2.74. The molecule has 4 aromatic rings. The Labute approximate surface area is 434 Å². The van der Waals surface area contributed by atoms with Crippen molar-refractivity contribution in [1.82, 2.24) is 0 Å². The second-order valence-corrected chi connectivity index (χ2v) is 21.9. The summed E-state index contributed by atoms with van der Waals surface area (Å²) in [6.45, 7) is 5.57. The van der Waals surface area contributed by atoms with Gasteiger partial charge in [0.25, 0.3) is 23.1 Å². The van der Waals surface area contributed by atoms with E-state index < -0.39 is 71.3 Å². The highest BCUT2D eigenvalue weighted by atomic mass is 16.9. The number of Topliss-reactive ketones (excluding diaryl/α,β-unsaturated/α-hetero) is 2. The number of phenols is 2. The molecule has 20 nitrogen and oxygen atoms in total. The number of methoxy groups -OCH3 is 2. The topological polar surface area (TPSA) is 229 Å². The molecule has 16 rings (SSSR count). The van der Waals surface area contributed by atoms with Gasteiger partial charge in [-0.25, -0.2) is 0 Å². The number of fused-ring (bicyclic) bond motifs is 16. The van der Waals surface area contributed by atoms with Gasteiger partial charge in [-0.2, -0.15) is 0 Å². The molecule has 10 atom stereocenters. The molecule has 20 heteroatoms. The molecule has 0 aromatic heterocycles. The van der Waals surface area contributed by atoms with Crippen molar-refractivity contribution in [3.8, 4) is 34.5 Å². The van der Waals surface area contributed by atoms with Crippen molar-refractivity contribution in [3.05, 3.63) is 68.8 Å². The Kier molecular flexibility index (Phi) is 9.72. The van der Waals surface area contributed by atoms with Crippen molar-refractivity contribution >= 4 is 33.1 Å². The molecule has 6 unspecified atom stereocenters. The molecular weight excluding hydrogens is 993 g/mol. The number of carbonyl (C=O) groups is 2. The third-order valence-electron chi connectivity index (χ3n) is 18.2. The number of benzene rings is 4. The van der Waals surface area contributed by atoms with E-state index in [1.165, 1.54) is 0 Å². The Morgan fingerprint density at radius 1 is 0.592 bits per heavy atom. The minimum atomic E-state index is -1.70. The molecule has 8 fully saturated rings. The zero-order valence-electron chi connectivity index (χ0n) is 42.3. The van der Waals surface area contributed by atoms with Gasteiger partial charge >= 0.3 is 0 Å². The summed E-state index contributed by atoms with van der Waals surface area (Å²) in [4.78, 5) is 27.2. The molecule has 4 bridgehead atoms. The van der Waals surface area contributed by atoms with E-state index in [0.717, 1.165) is 11.1 Å². The molecule has 2 spiro atoms. The Morgan fingerprint density at radius 3 is 1.38 bits per heavy atom. The van der Waals surface area contributed by atoms with Crippen LogP contribution < -0.4 is 18.9 Å². The van der Waals surface area contributed by atoms with Crippen LogP contribution in [0.1, 0.15) is 105 Å². The first kappa shape index (κ1) is 46.9. The summed E-state index contributed by atoms with van der Waals surface area (Å²) in [5, 5.41) is 26.2. The van der Waals surface area contributed by atoms with Crippen LogP contribution in [-0.4, -0.2) is 148 Å². The lowest BCUT2D eigenvalue weighted by molar-refractivity contribution is -0.366. The Hall–Kier alpha value is -5.20. The van der Waals surface area contributed by atoms with Crippen molar-refractivity contribution in [2.24, 2.45) is 0 Å². The summed E-state index contributed by atoms with van der Waals surface area (Å²) in [5.74, 6) is -5.79. The van der Waals surface area contributed by atoms with Gasteiger partial charge in [0.05, 0.1) is 89.0 Å². The molecule has 4 aromatic carbocycles. The Bertz CT molecular complexity index is 3080. The minimum absolute atomic E-state index is 0.0693. The molecule has 10 aliphatic heterocycles. The fraction of sp³-hybridized carbons (Fsp3) is 0.571. The normalized spacial score (nSPS) is 37.2. The van der Waals surface area contributed by atoms with Gasteiger partial charge in [0.15, 0.2) is 23.8 Å². The number of carbonyl (C=O) groups excluding carboxylic acids is 2. The van der Waals surface area contributed by atoms with Gasteiger partial charge in [-0.3, -0.25) is 9.59 Å². The molecule has 10 heterocycles. The maximum atomic E-state index is 13.6. The van der Waals surface area contributed by atoms with Gasteiger partial charge in [0, 0.05) is 45.9 Å². The lowest BCUT2D eigenvalue weighted by atomic mass is 9.78. The first-order chi connectivity index (χ1) is 36.9. The highest BCUT2D eigenvalue weighted by Gasteiger charge is 2.95. The van der Waals surface area contributed by atoms with Gasteiger partial charge in [0.1, 0.15) is 46.7 Å². The third-order valence-corrected chi connectivity index (χ3v) is 18.2. The SMILES string of the molecule is COc1c2c(c(O)c3c4c(c(C)cc13)C1OC3(C5OCCCO5)OC1[C@@](OC/C=C/CO[C@@]15Oc6c(c(C)cc7c(OC)c8c(c(O)c67)C(=O)CCC8)C6OC(C7OCCCO7)(OC61)[C@]51CO1)(O4)[C@@]31CO1)C(=O)CCC2. The molecular formula is C56H56O20. The smallest absolute Gasteiger partial charge is 0.277 e. The van der Waals surface area contributed by atoms with Crippen LogP contribution in [0.25, 0.3) is 21.5 Å². The summed E-state index contributed by atoms with van der Waals surface area (Å²) < 4.78 is 106. The van der Waals surface area contributed by atoms with E-state index >= 15 is 0 Å². The monoisotopic (exact) mass is 1050 g/mol. The third kappa shape index (κ3) is 5.41. The first-order valence-electron chi connectivity index (χ1n) is 26.5. The lowest BCUT2D eigenvalue weighted by Crippen LogP contribution is -2.70. The van der Waals surface area contributed by atoms with Gasteiger partial charge in [0.2, 0.25) is 23.8 Å². The van der Waals surface area contributed by atoms with Crippen LogP contribution >= 0.6 is 0 Å². The van der Waals surface area contributed by atoms with Crippen LogP contribution in [0.15, 0.2) is 24.3 Å². The molecule has 76 heavy (non-hydrogen) atoms. The number of hydrogen-bond donors (Lipinski definition) is 2. The largest absolute Gasteiger partial charge is 0.506 e. The number of ether oxygens (including phenoxy) is 16. The number of hydrogen-bond acceptors (Lipinski definition) is 20. The second-order valence-electron chi connectivity index (χ2n) is 21.9. The minimum Gasteiger partial charge on any atom is -0.506 e. The maximum Gasteiger partial charge on any atom is 0.277 e. The van der Waals surface area contributed by atoms with Crippen LogP contribution in [0.4, 0.5) is 0 Å². The quantitative estimate of drug-likeness (QED) is 0.138. The molecule has 2 aliphatic carbocycles. The number of aromatic hydroxyl groups is 2. The van der Waals surface area contributed by atoms with Crippen molar-refractivity contribution < 1.29 is 95.6 Å². The predicted molar refractivity (Wildman–Crippen MR) is 257 cm³/mol. The Morgan fingerprint density at radius 2 is 1.00 bits per heavy atom. The zero-order chi connectivity index (χ0) is 51.5. The molecule has 0 saturated carbocycles. The van der Waals surface area contributed by atoms with Gasteiger partial charge in [-0.05, 0) is 75.6 Å². The van der Waals surface area contributed by atoms with Crippen LogP contribution in [-0.2, 0) is 69.7 Å². The van der Waals surface area contributed by atoms with Crippen LogP contribution in [0.3, 0.4) is 0 Å². The van der Waals surface area contributed by atoms with E-state index in [1.54, 1.807) is 26.4 Å². The van der Waals surface area contributed by atoms with E-state index in [0.29, 0.717) is 120 Å². The van der Waals surface area contributed by atoms with Gasteiger partial charge in [-0.1, -0.05) is 12.2 Å². The Balaban J connectivity index is 0.772. The van der Waals surface area contributed by atoms with Gasteiger partial charge < -0.3 is 86.0 Å². The maximum absolute atomic E-state index is 13.6. The lowest BCUT2D eigenvalue weighted by Gasteiger charge is -2.50. The standard InChI is InChI=1S/C56H56O20/c1-25-21-29-37(39(59)35-27(41(29)61-3)11-7-13-31(35)57)43-33(25)45-47-53(71-43,51(23-69-51)55(73-45,75-47)49-63-15-9-16-64-49)67-19-5-6-20-68-54-48-46(74-56(76-48,52(54)24-70-52)50-65-17-10-18-66-50)34-26(2)22-30-38(44(34)72-54)40(60)36-28(42(30)62-4)12-8-14-32(36)58/h5-6,21-22,45-50,59-60H,7-20,23-24H2,1-4H3/b6-5+/t45?,46?,47?,48?,51-,52-,53+,54+,55?,56?/m0/s1. The number of phenolic OH excluding ortho intramolecular Hbond substituents is 2. The second kappa shape index (κ2) is 15.8. The van der Waals surface area contributed by atoms with Crippen molar-refractivity contribution in [3.63, 3.8) is 0 Å². The number of epoxide rings is 2. The molecule has 0 amide bonds.